The number of nitro groups is 1. The number of para-hydroxylation sites is 1. The molecule has 0 fully saturated rings. The van der Waals surface area contributed by atoms with Gasteiger partial charge in [0.1, 0.15) is 29.8 Å². The maximum Gasteiger partial charge on any atom is 0.269 e. The first-order valence-corrected chi connectivity index (χ1v) is 8.22. The third kappa shape index (κ3) is 4.59. The summed E-state index contributed by atoms with van der Waals surface area (Å²) in [6, 6.07) is 15.6. The van der Waals surface area contributed by atoms with E-state index in [1.807, 2.05) is 42.3 Å². The number of nitrogens with zero attached hydrogens (tertiary/aromatic N) is 2. The van der Waals surface area contributed by atoms with Crippen LogP contribution in [0.3, 0.4) is 0 Å². The van der Waals surface area contributed by atoms with E-state index < -0.39 is 11.0 Å². The molecule has 1 atom stereocenters. The van der Waals surface area contributed by atoms with Crippen LogP contribution < -0.4 is 4.74 Å². The van der Waals surface area contributed by atoms with Gasteiger partial charge in [-0.25, -0.2) is 0 Å². The highest BCUT2D eigenvalue weighted by atomic mass is 16.6. The zero-order chi connectivity index (χ0) is 18.5. The predicted octanol–water partition coefficient (Wildman–Crippen LogP) is 3.21. The first kappa shape index (κ1) is 17.9. The van der Waals surface area contributed by atoms with Crippen LogP contribution in [-0.2, 0) is 6.54 Å². The Kier molecular flexibility index (Phi) is 5.50. The molecule has 26 heavy (non-hydrogen) atoms. The second-order valence-electron chi connectivity index (χ2n) is 6.16. The maximum absolute atomic E-state index is 10.6. The van der Waals surface area contributed by atoms with Crippen molar-refractivity contribution in [1.82, 2.24) is 4.90 Å². The van der Waals surface area contributed by atoms with E-state index in [2.05, 4.69) is 0 Å². The van der Waals surface area contributed by atoms with Crippen LogP contribution in [0.1, 0.15) is 5.76 Å². The van der Waals surface area contributed by atoms with Crippen molar-refractivity contribution in [1.29, 1.82) is 0 Å². The van der Waals surface area contributed by atoms with Crippen molar-refractivity contribution >= 4 is 16.7 Å². The summed E-state index contributed by atoms with van der Waals surface area (Å²) in [6.45, 7) is 1.08. The van der Waals surface area contributed by atoms with E-state index in [4.69, 9.17) is 9.15 Å². The molecular formula is C19H20N2O5. The molecule has 7 nitrogen and oxygen atoms in total. The molecule has 0 aliphatic heterocycles. The topological polar surface area (TPSA) is 89.0 Å². The number of fused-ring (bicyclic) bond motifs is 1. The summed E-state index contributed by atoms with van der Waals surface area (Å²) >= 11 is 0. The van der Waals surface area contributed by atoms with E-state index in [0.717, 1.165) is 16.7 Å². The van der Waals surface area contributed by atoms with E-state index in [1.54, 1.807) is 0 Å². The summed E-state index contributed by atoms with van der Waals surface area (Å²) in [5.41, 5.74) is 0.849. The number of hydrogen-bond acceptors (Lipinski definition) is 6. The van der Waals surface area contributed by atoms with Gasteiger partial charge >= 0.3 is 0 Å². The molecule has 1 aromatic heterocycles. The number of likely N-dealkylation sites (N-methyl/N-ethyl adjacent to an activating group) is 1. The highest BCUT2D eigenvalue weighted by molar-refractivity contribution is 5.77. The average molecular weight is 356 g/mol. The van der Waals surface area contributed by atoms with Gasteiger partial charge in [-0.05, 0) is 31.3 Å². The van der Waals surface area contributed by atoms with Crippen LogP contribution in [-0.4, -0.2) is 41.2 Å². The van der Waals surface area contributed by atoms with Crippen molar-refractivity contribution in [3.05, 3.63) is 70.5 Å². The Bertz CT molecular complexity index is 842. The highest BCUT2D eigenvalue weighted by Gasteiger charge is 2.12. The smallest absolute Gasteiger partial charge is 0.269 e. The van der Waals surface area contributed by atoms with Gasteiger partial charge in [0.25, 0.3) is 5.69 Å². The largest absolute Gasteiger partial charge is 0.491 e. The summed E-state index contributed by atoms with van der Waals surface area (Å²) in [5, 5.41) is 21.8. The molecule has 3 rings (SSSR count). The van der Waals surface area contributed by atoms with Crippen molar-refractivity contribution in [3.8, 4) is 5.75 Å². The van der Waals surface area contributed by atoms with Gasteiger partial charge in [0.05, 0.1) is 11.5 Å². The van der Waals surface area contributed by atoms with E-state index in [1.165, 1.54) is 24.3 Å². The number of nitro benzene ring substituents is 1. The van der Waals surface area contributed by atoms with Crippen molar-refractivity contribution in [2.24, 2.45) is 0 Å². The van der Waals surface area contributed by atoms with Gasteiger partial charge < -0.3 is 14.3 Å². The lowest BCUT2D eigenvalue weighted by atomic mass is 10.2. The number of non-ortho nitro benzene ring substituents is 1. The van der Waals surface area contributed by atoms with E-state index in [-0.39, 0.29) is 12.3 Å². The van der Waals surface area contributed by atoms with Crippen LogP contribution in [0.5, 0.6) is 5.75 Å². The molecule has 3 aromatic rings. The van der Waals surface area contributed by atoms with Gasteiger partial charge in [-0.15, -0.1) is 0 Å². The Morgan fingerprint density at radius 2 is 1.96 bits per heavy atom. The number of ether oxygens (including phenoxy) is 1. The molecule has 0 aliphatic rings. The highest BCUT2D eigenvalue weighted by Crippen LogP contribution is 2.20. The normalized spacial score (nSPS) is 12.4. The van der Waals surface area contributed by atoms with Crippen LogP contribution in [0.2, 0.25) is 0 Å². The lowest BCUT2D eigenvalue weighted by Crippen LogP contribution is -2.32. The first-order valence-electron chi connectivity index (χ1n) is 8.22. The van der Waals surface area contributed by atoms with Gasteiger partial charge in [0.2, 0.25) is 0 Å². The molecule has 0 amide bonds. The molecule has 0 spiro atoms. The lowest BCUT2D eigenvalue weighted by molar-refractivity contribution is -0.384. The Hall–Kier alpha value is -2.90. The summed E-state index contributed by atoms with van der Waals surface area (Å²) in [5.74, 6) is 1.31. The van der Waals surface area contributed by atoms with Crippen molar-refractivity contribution < 1.29 is 19.2 Å². The number of aliphatic hydroxyl groups excluding tert-OH is 1. The van der Waals surface area contributed by atoms with Crippen molar-refractivity contribution in [3.63, 3.8) is 0 Å². The minimum absolute atomic E-state index is 0.00321. The molecule has 1 N–H and O–H groups in total. The fourth-order valence-corrected chi connectivity index (χ4v) is 2.71. The zero-order valence-electron chi connectivity index (χ0n) is 14.4. The maximum atomic E-state index is 10.6. The number of aliphatic hydroxyl groups is 1. The average Bonchev–Trinajstić information content (AvgIpc) is 3.02. The SMILES string of the molecule is CN(Cc1cc2ccccc2o1)CC(O)COc1ccc([N+](=O)[O-])cc1. The fourth-order valence-electron chi connectivity index (χ4n) is 2.71. The summed E-state index contributed by atoms with van der Waals surface area (Å²) in [7, 11) is 1.89. The van der Waals surface area contributed by atoms with Crippen LogP contribution in [0, 0.1) is 10.1 Å². The van der Waals surface area contributed by atoms with Gasteiger partial charge in [0.15, 0.2) is 0 Å². The summed E-state index contributed by atoms with van der Waals surface area (Å²) in [4.78, 5) is 12.1. The van der Waals surface area contributed by atoms with E-state index in [0.29, 0.717) is 18.8 Å². The van der Waals surface area contributed by atoms with Crippen LogP contribution in [0.15, 0.2) is 59.0 Å². The monoisotopic (exact) mass is 356 g/mol. The second-order valence-corrected chi connectivity index (χ2v) is 6.16. The third-order valence-corrected chi connectivity index (χ3v) is 3.91. The van der Waals surface area contributed by atoms with Gasteiger partial charge in [-0.3, -0.25) is 15.0 Å². The Morgan fingerprint density at radius 1 is 1.23 bits per heavy atom. The van der Waals surface area contributed by atoms with Crippen molar-refractivity contribution in [2.75, 3.05) is 20.2 Å². The molecule has 0 radical (unpaired) electrons. The first-order chi connectivity index (χ1) is 12.5. The van der Waals surface area contributed by atoms with Crippen LogP contribution >= 0.6 is 0 Å². The quantitative estimate of drug-likeness (QED) is 0.492. The molecule has 0 aliphatic carbocycles. The molecule has 0 saturated carbocycles. The number of hydrogen-bond donors (Lipinski definition) is 1. The predicted molar refractivity (Wildman–Crippen MR) is 97.1 cm³/mol. The summed E-state index contributed by atoms with van der Waals surface area (Å²) < 4.78 is 11.2. The van der Waals surface area contributed by atoms with Gasteiger partial charge in [0, 0.05) is 24.1 Å². The van der Waals surface area contributed by atoms with Crippen LogP contribution in [0.4, 0.5) is 5.69 Å². The minimum Gasteiger partial charge on any atom is -0.491 e. The Morgan fingerprint density at radius 3 is 2.65 bits per heavy atom. The van der Waals surface area contributed by atoms with E-state index >= 15 is 0 Å². The van der Waals surface area contributed by atoms with E-state index in [9.17, 15) is 15.2 Å². The number of benzene rings is 2. The Labute approximate surface area is 150 Å². The summed E-state index contributed by atoms with van der Waals surface area (Å²) in [6.07, 6.45) is -0.695. The molecule has 0 saturated heterocycles. The fraction of sp³-hybridized carbons (Fsp3) is 0.263. The third-order valence-electron chi connectivity index (χ3n) is 3.91. The van der Waals surface area contributed by atoms with Gasteiger partial charge in [-0.1, -0.05) is 18.2 Å². The Balaban J connectivity index is 1.47. The lowest BCUT2D eigenvalue weighted by Gasteiger charge is -2.19. The second kappa shape index (κ2) is 7.99. The molecule has 7 heteroatoms. The van der Waals surface area contributed by atoms with Crippen LogP contribution in [0.25, 0.3) is 11.0 Å². The molecule has 1 heterocycles. The molecular weight excluding hydrogens is 336 g/mol. The minimum atomic E-state index is -0.695. The molecule has 2 aromatic carbocycles. The zero-order valence-corrected chi connectivity index (χ0v) is 14.4. The van der Waals surface area contributed by atoms with Gasteiger partial charge in [-0.2, -0.15) is 0 Å². The molecule has 136 valence electrons. The molecule has 1 unspecified atom stereocenters. The van der Waals surface area contributed by atoms with Crippen molar-refractivity contribution in [2.45, 2.75) is 12.6 Å². The molecule has 0 bridgehead atoms. The standard InChI is InChI=1S/C19H20N2O5/c1-20(12-18-10-14-4-2-3-5-19(14)26-18)11-16(22)13-25-17-8-6-15(7-9-17)21(23)24/h2-10,16,22H,11-13H2,1H3. The number of furan rings is 1. The number of rotatable bonds is 8.